The van der Waals surface area contributed by atoms with E-state index < -0.39 is 5.97 Å². The van der Waals surface area contributed by atoms with E-state index in [4.69, 9.17) is 5.11 Å². The van der Waals surface area contributed by atoms with Gasteiger partial charge in [0.25, 0.3) is 0 Å². The Kier molecular flexibility index (Phi) is 4.34. The van der Waals surface area contributed by atoms with Gasteiger partial charge in [0.15, 0.2) is 0 Å². The number of hydrogen-bond donors (Lipinski definition) is 1. The molecule has 0 unspecified atom stereocenters. The van der Waals surface area contributed by atoms with Crippen molar-refractivity contribution in [1.29, 1.82) is 0 Å². The lowest BCUT2D eigenvalue weighted by molar-refractivity contribution is -0.131. The highest BCUT2D eigenvalue weighted by Crippen LogP contribution is 2.25. The van der Waals surface area contributed by atoms with Gasteiger partial charge in [0, 0.05) is 24.2 Å². The van der Waals surface area contributed by atoms with Crippen LogP contribution in [0.5, 0.6) is 0 Å². The average Bonchev–Trinajstić information content (AvgIpc) is 3.10. The molecular weight excluding hydrogens is 288 g/mol. The second-order valence-electron chi connectivity index (χ2n) is 5.12. The number of aliphatic carboxylic acids is 1. The number of aromatic nitrogens is 2. The molecule has 114 valence electrons. The maximum atomic E-state index is 10.6. The summed E-state index contributed by atoms with van der Waals surface area (Å²) in [5, 5.41) is 8.70. The molecule has 0 saturated carbocycles. The minimum Gasteiger partial charge on any atom is -0.478 e. The molecule has 0 aliphatic heterocycles. The van der Waals surface area contributed by atoms with E-state index >= 15 is 0 Å². The molecule has 1 N–H and O–H groups in total. The SMILES string of the molecule is O=C(O)C=CCc1ccccc1-c1ccc(-n2ccnc2)cc1. The third kappa shape index (κ3) is 3.55. The molecule has 0 atom stereocenters. The van der Waals surface area contributed by atoms with Crippen LogP contribution >= 0.6 is 0 Å². The fourth-order valence-electron chi connectivity index (χ4n) is 2.49. The van der Waals surface area contributed by atoms with Crippen LogP contribution < -0.4 is 0 Å². The van der Waals surface area contributed by atoms with Gasteiger partial charge in [-0.15, -0.1) is 0 Å². The van der Waals surface area contributed by atoms with Crippen molar-refractivity contribution in [2.24, 2.45) is 0 Å². The topological polar surface area (TPSA) is 55.1 Å². The summed E-state index contributed by atoms with van der Waals surface area (Å²) in [6, 6.07) is 16.2. The van der Waals surface area contributed by atoms with Gasteiger partial charge in [-0.25, -0.2) is 9.78 Å². The zero-order valence-electron chi connectivity index (χ0n) is 12.5. The van der Waals surface area contributed by atoms with Crippen molar-refractivity contribution in [3.8, 4) is 16.8 Å². The largest absolute Gasteiger partial charge is 0.478 e. The van der Waals surface area contributed by atoms with E-state index in [1.165, 1.54) is 6.08 Å². The normalized spacial score (nSPS) is 11.0. The van der Waals surface area contributed by atoms with Crippen molar-refractivity contribution in [2.75, 3.05) is 0 Å². The van der Waals surface area contributed by atoms with Gasteiger partial charge in [0.05, 0.1) is 6.33 Å². The fourth-order valence-corrected chi connectivity index (χ4v) is 2.49. The fraction of sp³-hybridized carbons (Fsp3) is 0.0526. The summed E-state index contributed by atoms with van der Waals surface area (Å²) in [4.78, 5) is 14.6. The van der Waals surface area contributed by atoms with Gasteiger partial charge < -0.3 is 9.67 Å². The molecular formula is C19H16N2O2. The van der Waals surface area contributed by atoms with E-state index in [9.17, 15) is 4.79 Å². The summed E-state index contributed by atoms with van der Waals surface area (Å²) < 4.78 is 1.95. The first-order valence-corrected chi connectivity index (χ1v) is 7.30. The van der Waals surface area contributed by atoms with Crippen molar-refractivity contribution < 1.29 is 9.90 Å². The third-order valence-electron chi connectivity index (χ3n) is 3.60. The molecule has 2 aromatic carbocycles. The zero-order chi connectivity index (χ0) is 16.1. The minimum absolute atomic E-state index is 0.589. The summed E-state index contributed by atoms with van der Waals surface area (Å²) >= 11 is 0. The van der Waals surface area contributed by atoms with Crippen LogP contribution in [-0.4, -0.2) is 20.6 Å². The highest BCUT2D eigenvalue weighted by molar-refractivity contribution is 5.79. The number of carboxylic acids is 1. The van der Waals surface area contributed by atoms with E-state index in [1.54, 1.807) is 18.6 Å². The van der Waals surface area contributed by atoms with E-state index in [2.05, 4.69) is 23.2 Å². The van der Waals surface area contributed by atoms with Crippen LogP contribution in [0.3, 0.4) is 0 Å². The molecule has 0 aliphatic rings. The lowest BCUT2D eigenvalue weighted by Gasteiger charge is -2.09. The third-order valence-corrected chi connectivity index (χ3v) is 3.60. The van der Waals surface area contributed by atoms with Gasteiger partial charge in [-0.1, -0.05) is 42.5 Å². The van der Waals surface area contributed by atoms with Gasteiger partial charge in [-0.3, -0.25) is 0 Å². The van der Waals surface area contributed by atoms with Crippen LogP contribution in [0.4, 0.5) is 0 Å². The number of carbonyl (C=O) groups is 1. The quantitative estimate of drug-likeness (QED) is 0.731. The van der Waals surface area contributed by atoms with Crippen molar-refractivity contribution >= 4 is 5.97 Å². The molecule has 4 nitrogen and oxygen atoms in total. The number of rotatable bonds is 5. The first-order valence-electron chi connectivity index (χ1n) is 7.30. The van der Waals surface area contributed by atoms with Crippen molar-refractivity contribution in [1.82, 2.24) is 9.55 Å². The van der Waals surface area contributed by atoms with Gasteiger partial charge in [0.2, 0.25) is 0 Å². The Bertz CT molecular complexity index is 819. The van der Waals surface area contributed by atoms with E-state index in [0.717, 1.165) is 22.4 Å². The Morgan fingerprint density at radius 1 is 1.13 bits per heavy atom. The molecule has 0 amide bonds. The predicted molar refractivity (Wildman–Crippen MR) is 89.5 cm³/mol. The summed E-state index contributed by atoms with van der Waals surface area (Å²) in [5.74, 6) is -0.924. The molecule has 0 bridgehead atoms. The summed E-state index contributed by atoms with van der Waals surface area (Å²) in [6.45, 7) is 0. The zero-order valence-corrected chi connectivity index (χ0v) is 12.5. The number of benzene rings is 2. The van der Waals surface area contributed by atoms with Crippen molar-refractivity contribution in [3.63, 3.8) is 0 Å². The second kappa shape index (κ2) is 6.75. The number of nitrogens with zero attached hydrogens (tertiary/aromatic N) is 2. The molecule has 4 heteroatoms. The molecule has 1 heterocycles. The Labute approximate surface area is 134 Å². The molecule has 0 aliphatic carbocycles. The van der Waals surface area contributed by atoms with Gasteiger partial charge in [-0.2, -0.15) is 0 Å². The minimum atomic E-state index is -0.924. The van der Waals surface area contributed by atoms with Crippen molar-refractivity contribution in [3.05, 3.63) is 85.0 Å². The number of imidazole rings is 1. The Morgan fingerprint density at radius 3 is 2.61 bits per heavy atom. The van der Waals surface area contributed by atoms with Crippen LogP contribution in [0.25, 0.3) is 16.8 Å². The van der Waals surface area contributed by atoms with Crippen LogP contribution in [0.2, 0.25) is 0 Å². The lowest BCUT2D eigenvalue weighted by Crippen LogP contribution is -1.92. The average molecular weight is 304 g/mol. The standard InChI is InChI=1S/C19H16N2O2/c22-19(23)7-3-5-15-4-1-2-6-18(15)16-8-10-17(11-9-16)21-13-12-20-14-21/h1-4,6-14H,5H2,(H,22,23). The summed E-state index contributed by atoms with van der Waals surface area (Å²) in [7, 11) is 0. The van der Waals surface area contributed by atoms with Gasteiger partial charge in [-0.05, 0) is 35.2 Å². The lowest BCUT2D eigenvalue weighted by atomic mass is 9.97. The molecule has 3 aromatic rings. The summed E-state index contributed by atoms with van der Waals surface area (Å²) in [6.07, 6.45) is 8.85. The first kappa shape index (κ1) is 14.8. The molecule has 0 saturated heterocycles. The van der Waals surface area contributed by atoms with E-state index in [0.29, 0.717) is 6.42 Å². The Balaban J connectivity index is 1.88. The van der Waals surface area contributed by atoms with Gasteiger partial charge in [0.1, 0.15) is 0 Å². The van der Waals surface area contributed by atoms with Gasteiger partial charge >= 0.3 is 5.97 Å². The van der Waals surface area contributed by atoms with Crippen LogP contribution in [0.1, 0.15) is 5.56 Å². The molecule has 3 rings (SSSR count). The maximum absolute atomic E-state index is 10.6. The Morgan fingerprint density at radius 2 is 1.91 bits per heavy atom. The highest BCUT2D eigenvalue weighted by Gasteiger charge is 2.04. The molecule has 1 aromatic heterocycles. The van der Waals surface area contributed by atoms with Crippen LogP contribution in [-0.2, 0) is 11.2 Å². The maximum Gasteiger partial charge on any atom is 0.327 e. The second-order valence-corrected chi connectivity index (χ2v) is 5.12. The molecule has 0 spiro atoms. The van der Waals surface area contributed by atoms with Crippen molar-refractivity contribution in [2.45, 2.75) is 6.42 Å². The Hall–Kier alpha value is -3.14. The summed E-state index contributed by atoms with van der Waals surface area (Å²) in [5.41, 5.74) is 4.36. The van der Waals surface area contributed by atoms with Crippen LogP contribution in [0.15, 0.2) is 79.4 Å². The molecule has 0 radical (unpaired) electrons. The number of allylic oxidation sites excluding steroid dienone is 1. The van der Waals surface area contributed by atoms with E-state index in [-0.39, 0.29) is 0 Å². The highest BCUT2D eigenvalue weighted by atomic mass is 16.4. The predicted octanol–water partition coefficient (Wildman–Crippen LogP) is 3.72. The molecule has 0 fully saturated rings. The van der Waals surface area contributed by atoms with Crippen LogP contribution in [0, 0.1) is 0 Å². The number of hydrogen-bond acceptors (Lipinski definition) is 2. The first-order chi connectivity index (χ1) is 11.2. The van der Waals surface area contributed by atoms with E-state index in [1.807, 2.05) is 41.1 Å². The number of carboxylic acid groups (broad SMARTS) is 1. The smallest absolute Gasteiger partial charge is 0.327 e. The monoisotopic (exact) mass is 304 g/mol. The molecule has 23 heavy (non-hydrogen) atoms.